The van der Waals surface area contributed by atoms with Gasteiger partial charge in [-0.3, -0.25) is 0 Å². The number of rotatable bonds is 0. The van der Waals surface area contributed by atoms with E-state index in [4.69, 9.17) is 11.6 Å². The van der Waals surface area contributed by atoms with Gasteiger partial charge in [-0.2, -0.15) is 0 Å². The van der Waals surface area contributed by atoms with Gasteiger partial charge in [-0.05, 0) is 28.3 Å². The molecule has 5 aromatic rings. The molecule has 5 rings (SSSR count). The molecule has 0 unspecified atom stereocenters. The highest BCUT2D eigenvalue weighted by atomic mass is 79.9. The minimum atomic E-state index is 0.817. The summed E-state index contributed by atoms with van der Waals surface area (Å²) in [6.45, 7) is 0. The zero-order valence-electron chi connectivity index (χ0n) is 11.9. The van der Waals surface area contributed by atoms with Crippen molar-refractivity contribution in [2.24, 2.45) is 0 Å². The molecule has 0 aliphatic heterocycles. The Morgan fingerprint density at radius 2 is 1.26 bits per heavy atom. The van der Waals surface area contributed by atoms with Gasteiger partial charge in [0.05, 0.1) is 9.72 Å². The van der Waals surface area contributed by atoms with Crippen molar-refractivity contribution in [2.75, 3.05) is 0 Å². The highest BCUT2D eigenvalue weighted by molar-refractivity contribution is 9.10. The highest BCUT2D eigenvalue weighted by Crippen LogP contribution is 2.47. The summed E-state index contributed by atoms with van der Waals surface area (Å²) in [7, 11) is 0. The SMILES string of the molecule is Clc1ccc(Br)c2c1sc1c3ccccc3c3ccccc3c12. The maximum Gasteiger partial charge on any atom is 0.0585 e. The smallest absolute Gasteiger partial charge is 0.0585 e. The quantitative estimate of drug-likeness (QED) is 0.234. The molecule has 0 nitrogen and oxygen atoms in total. The van der Waals surface area contributed by atoms with E-state index in [0.29, 0.717) is 0 Å². The summed E-state index contributed by atoms with van der Waals surface area (Å²) in [5.41, 5.74) is 0. The lowest BCUT2D eigenvalue weighted by molar-refractivity contribution is 1.79. The predicted octanol–water partition coefficient (Wildman–Crippen LogP) is 7.78. The van der Waals surface area contributed by atoms with Gasteiger partial charge in [-0.15, -0.1) is 11.3 Å². The summed E-state index contributed by atoms with van der Waals surface area (Å²) in [4.78, 5) is 0. The molecule has 4 aromatic carbocycles. The van der Waals surface area contributed by atoms with E-state index in [0.717, 1.165) is 14.2 Å². The van der Waals surface area contributed by atoms with E-state index in [1.807, 2.05) is 12.1 Å². The second kappa shape index (κ2) is 4.94. The Hall–Kier alpha value is -1.61. The Morgan fingerprint density at radius 1 is 0.652 bits per heavy atom. The first-order valence-electron chi connectivity index (χ1n) is 7.35. The van der Waals surface area contributed by atoms with Gasteiger partial charge in [0.15, 0.2) is 0 Å². The number of thiophene rings is 1. The van der Waals surface area contributed by atoms with Crippen LogP contribution in [0.3, 0.4) is 0 Å². The largest absolute Gasteiger partial charge is 0.133 e. The molecular formula is C20H10BrClS. The van der Waals surface area contributed by atoms with Gasteiger partial charge >= 0.3 is 0 Å². The third kappa shape index (κ3) is 1.83. The van der Waals surface area contributed by atoms with Gasteiger partial charge in [-0.25, -0.2) is 0 Å². The fourth-order valence-electron chi connectivity index (χ4n) is 3.43. The Labute approximate surface area is 150 Å². The fraction of sp³-hybridized carbons (Fsp3) is 0. The number of hydrogen-bond acceptors (Lipinski definition) is 1. The summed E-state index contributed by atoms with van der Waals surface area (Å²) in [6.07, 6.45) is 0. The second-order valence-corrected chi connectivity index (χ2v) is 7.91. The number of benzene rings is 4. The van der Waals surface area contributed by atoms with Crippen molar-refractivity contribution in [1.29, 1.82) is 0 Å². The first-order chi connectivity index (χ1) is 11.3. The van der Waals surface area contributed by atoms with Crippen LogP contribution in [0.2, 0.25) is 5.02 Å². The molecule has 0 saturated carbocycles. The van der Waals surface area contributed by atoms with Crippen LogP contribution in [0.5, 0.6) is 0 Å². The third-order valence-corrected chi connectivity index (χ3v) is 6.74. The fourth-order valence-corrected chi connectivity index (χ4v) is 5.65. The monoisotopic (exact) mass is 396 g/mol. The van der Waals surface area contributed by atoms with Gasteiger partial charge in [0, 0.05) is 25.3 Å². The van der Waals surface area contributed by atoms with Crippen molar-refractivity contribution in [3.63, 3.8) is 0 Å². The molecule has 1 aromatic heterocycles. The number of hydrogen-bond donors (Lipinski definition) is 0. The molecule has 0 amide bonds. The molecule has 0 aliphatic rings. The number of halogens is 2. The average molecular weight is 398 g/mol. The minimum absolute atomic E-state index is 0.817. The van der Waals surface area contributed by atoms with Crippen molar-refractivity contribution >= 4 is 80.6 Å². The molecule has 0 bridgehead atoms. The van der Waals surface area contributed by atoms with Gasteiger partial charge in [0.25, 0.3) is 0 Å². The molecule has 0 N–H and O–H groups in total. The molecule has 0 saturated heterocycles. The van der Waals surface area contributed by atoms with E-state index in [1.54, 1.807) is 11.3 Å². The Bertz CT molecular complexity index is 1240. The van der Waals surface area contributed by atoms with Crippen LogP contribution in [0.15, 0.2) is 65.1 Å². The number of fused-ring (bicyclic) bond motifs is 8. The van der Waals surface area contributed by atoms with E-state index >= 15 is 0 Å². The van der Waals surface area contributed by atoms with Crippen LogP contribution in [0.4, 0.5) is 0 Å². The van der Waals surface area contributed by atoms with Crippen LogP contribution >= 0.6 is 38.9 Å². The lowest BCUT2D eigenvalue weighted by atomic mass is 9.97. The second-order valence-electron chi connectivity index (χ2n) is 5.63. The molecule has 0 radical (unpaired) electrons. The maximum absolute atomic E-state index is 6.49. The minimum Gasteiger partial charge on any atom is -0.133 e. The third-order valence-electron chi connectivity index (χ3n) is 4.40. The topological polar surface area (TPSA) is 0 Å². The van der Waals surface area contributed by atoms with Crippen molar-refractivity contribution < 1.29 is 0 Å². The average Bonchev–Trinajstić information content (AvgIpc) is 3.01. The van der Waals surface area contributed by atoms with Gasteiger partial charge in [-0.1, -0.05) is 76.1 Å². The molecule has 110 valence electrons. The van der Waals surface area contributed by atoms with Gasteiger partial charge < -0.3 is 0 Å². The molecule has 0 fully saturated rings. The maximum atomic E-state index is 6.49. The lowest BCUT2D eigenvalue weighted by Gasteiger charge is -2.07. The Morgan fingerprint density at radius 3 is 2.00 bits per heavy atom. The van der Waals surface area contributed by atoms with Gasteiger partial charge in [0.1, 0.15) is 0 Å². The first kappa shape index (κ1) is 13.8. The standard InChI is InChI=1S/C20H10BrClS/c21-15-9-10-16(22)20-18(15)17-13-7-3-1-5-11(13)12-6-2-4-8-14(12)19(17)23-20/h1-10H. The summed E-state index contributed by atoms with van der Waals surface area (Å²) in [5, 5.41) is 8.52. The van der Waals surface area contributed by atoms with E-state index in [2.05, 4.69) is 64.5 Å². The summed E-state index contributed by atoms with van der Waals surface area (Å²) in [5.74, 6) is 0. The van der Waals surface area contributed by atoms with E-state index in [9.17, 15) is 0 Å². The molecular weight excluding hydrogens is 388 g/mol. The molecule has 0 aliphatic carbocycles. The summed E-state index contributed by atoms with van der Waals surface area (Å²) < 4.78 is 3.56. The van der Waals surface area contributed by atoms with Gasteiger partial charge in [0.2, 0.25) is 0 Å². The van der Waals surface area contributed by atoms with Crippen LogP contribution < -0.4 is 0 Å². The van der Waals surface area contributed by atoms with Crippen LogP contribution in [-0.2, 0) is 0 Å². The van der Waals surface area contributed by atoms with E-state index in [-0.39, 0.29) is 0 Å². The zero-order valence-corrected chi connectivity index (χ0v) is 15.1. The predicted molar refractivity (Wildman–Crippen MR) is 107 cm³/mol. The van der Waals surface area contributed by atoms with Crippen LogP contribution in [0.1, 0.15) is 0 Å². The van der Waals surface area contributed by atoms with Crippen LogP contribution in [-0.4, -0.2) is 0 Å². The lowest BCUT2D eigenvalue weighted by Crippen LogP contribution is -1.80. The molecule has 0 atom stereocenters. The molecule has 3 heteroatoms. The molecule has 1 heterocycles. The highest BCUT2D eigenvalue weighted by Gasteiger charge is 2.16. The first-order valence-corrected chi connectivity index (χ1v) is 9.34. The van der Waals surface area contributed by atoms with E-state index in [1.165, 1.54) is 37.0 Å². The molecule has 0 spiro atoms. The van der Waals surface area contributed by atoms with Crippen molar-refractivity contribution in [1.82, 2.24) is 0 Å². The van der Waals surface area contributed by atoms with Crippen LogP contribution in [0, 0.1) is 0 Å². The zero-order chi connectivity index (χ0) is 15.6. The van der Waals surface area contributed by atoms with E-state index < -0.39 is 0 Å². The molecule has 23 heavy (non-hydrogen) atoms. The van der Waals surface area contributed by atoms with Crippen LogP contribution in [0.25, 0.3) is 41.7 Å². The Kier molecular flexibility index (Phi) is 2.96. The normalized spacial score (nSPS) is 11.9. The Balaban J connectivity index is 2.25. The van der Waals surface area contributed by atoms with Crippen molar-refractivity contribution in [3.8, 4) is 0 Å². The van der Waals surface area contributed by atoms with Crippen molar-refractivity contribution in [3.05, 3.63) is 70.2 Å². The summed E-state index contributed by atoms with van der Waals surface area (Å²) >= 11 is 12.0. The van der Waals surface area contributed by atoms with Crippen molar-refractivity contribution in [2.45, 2.75) is 0 Å². The summed E-state index contributed by atoms with van der Waals surface area (Å²) in [6, 6.07) is 21.3.